The van der Waals surface area contributed by atoms with Crippen molar-refractivity contribution in [1.29, 1.82) is 0 Å². The zero-order chi connectivity index (χ0) is 14.8. The maximum absolute atomic E-state index is 12.0. The zero-order valence-electron chi connectivity index (χ0n) is 11.6. The molecule has 1 aromatic heterocycles. The minimum Gasteiger partial charge on any atom is -0.478 e. The summed E-state index contributed by atoms with van der Waals surface area (Å²) >= 11 is 0. The molecule has 2 heterocycles. The first kappa shape index (κ1) is 14.5. The van der Waals surface area contributed by atoms with E-state index in [-0.39, 0.29) is 22.8 Å². The molecule has 6 heteroatoms. The lowest BCUT2D eigenvalue weighted by Crippen LogP contribution is -2.40. The first-order valence-corrected chi connectivity index (χ1v) is 6.54. The van der Waals surface area contributed by atoms with Gasteiger partial charge in [-0.2, -0.15) is 0 Å². The van der Waals surface area contributed by atoms with Crippen molar-refractivity contribution >= 4 is 11.9 Å². The van der Waals surface area contributed by atoms with Crippen LogP contribution in [0.5, 0.6) is 0 Å². The first-order valence-electron chi connectivity index (χ1n) is 6.54. The second-order valence-corrected chi connectivity index (χ2v) is 5.22. The summed E-state index contributed by atoms with van der Waals surface area (Å²) in [6.07, 6.45) is 1.91. The highest BCUT2D eigenvalue weighted by atomic mass is 16.5. The first-order chi connectivity index (χ1) is 9.41. The Hall–Kier alpha value is -1.95. The van der Waals surface area contributed by atoms with Gasteiger partial charge in [-0.3, -0.25) is 4.79 Å². The minimum absolute atomic E-state index is 0.104. The topological polar surface area (TPSA) is 88.5 Å². The Morgan fingerprint density at radius 2 is 2.25 bits per heavy atom. The number of nitrogens with zero attached hydrogens (tertiary/aromatic N) is 1. The van der Waals surface area contributed by atoms with Crippen LogP contribution in [0.25, 0.3) is 0 Å². The lowest BCUT2D eigenvalue weighted by Gasteiger charge is -2.23. The number of amides is 1. The fraction of sp³-hybridized carbons (Fsp3) is 0.500. The summed E-state index contributed by atoms with van der Waals surface area (Å²) in [6.45, 7) is 4.68. The third-order valence-electron chi connectivity index (χ3n) is 3.47. The molecule has 1 amide bonds. The average Bonchev–Trinajstić information content (AvgIpc) is 2.83. The number of hydrogen-bond acceptors (Lipinski definition) is 4. The van der Waals surface area contributed by atoms with Crippen LogP contribution in [0.1, 0.15) is 46.3 Å². The maximum atomic E-state index is 12.0. The number of carboxylic acid groups (broad SMARTS) is 1. The largest absolute Gasteiger partial charge is 0.478 e. The van der Waals surface area contributed by atoms with Gasteiger partial charge in [-0.05, 0) is 38.8 Å². The Kier molecular flexibility index (Phi) is 4.04. The monoisotopic (exact) mass is 278 g/mol. The number of nitrogens with one attached hydrogen (secondary N) is 1. The number of carboxylic acids is 1. The van der Waals surface area contributed by atoms with Crippen LogP contribution in [-0.2, 0) is 4.74 Å². The van der Waals surface area contributed by atoms with Gasteiger partial charge in [0.15, 0.2) is 0 Å². The van der Waals surface area contributed by atoms with Gasteiger partial charge in [-0.1, -0.05) is 0 Å². The molecule has 1 saturated heterocycles. The quantitative estimate of drug-likeness (QED) is 0.868. The normalized spacial score (nSPS) is 21.7. The number of hydrogen-bond donors (Lipinski definition) is 2. The molecular weight excluding hydrogens is 260 g/mol. The predicted molar refractivity (Wildman–Crippen MR) is 71.9 cm³/mol. The number of ether oxygens (including phenoxy) is 1. The van der Waals surface area contributed by atoms with E-state index in [0.29, 0.717) is 12.2 Å². The molecule has 1 fully saturated rings. The summed E-state index contributed by atoms with van der Waals surface area (Å²) in [7, 11) is 0. The number of pyridine rings is 1. The molecule has 1 aliphatic heterocycles. The van der Waals surface area contributed by atoms with Crippen LogP contribution in [-0.4, -0.2) is 40.7 Å². The Morgan fingerprint density at radius 1 is 1.50 bits per heavy atom. The van der Waals surface area contributed by atoms with E-state index in [1.54, 1.807) is 6.92 Å². The van der Waals surface area contributed by atoms with E-state index in [9.17, 15) is 9.59 Å². The fourth-order valence-corrected chi connectivity index (χ4v) is 2.25. The van der Waals surface area contributed by atoms with Crippen molar-refractivity contribution < 1.29 is 19.4 Å². The molecule has 0 bridgehead atoms. The zero-order valence-corrected chi connectivity index (χ0v) is 11.6. The third kappa shape index (κ3) is 3.14. The van der Waals surface area contributed by atoms with Gasteiger partial charge in [0, 0.05) is 13.2 Å². The fourth-order valence-electron chi connectivity index (χ4n) is 2.25. The van der Waals surface area contributed by atoms with E-state index >= 15 is 0 Å². The molecular formula is C14H18N2O4. The van der Waals surface area contributed by atoms with Crippen LogP contribution in [0.3, 0.4) is 0 Å². The van der Waals surface area contributed by atoms with E-state index in [1.165, 1.54) is 12.1 Å². The van der Waals surface area contributed by atoms with E-state index in [1.807, 2.05) is 6.92 Å². The highest BCUT2D eigenvalue weighted by molar-refractivity contribution is 5.94. The summed E-state index contributed by atoms with van der Waals surface area (Å²) < 4.78 is 5.59. The van der Waals surface area contributed by atoms with Crippen LogP contribution in [0.4, 0.5) is 0 Å². The predicted octanol–water partition coefficient (Wildman–Crippen LogP) is 1.39. The summed E-state index contributed by atoms with van der Waals surface area (Å²) in [5.41, 5.74) is 0.335. The number of rotatable bonds is 4. The highest BCUT2D eigenvalue weighted by Gasteiger charge is 2.30. The number of carbonyl (C=O) groups excluding carboxylic acids is 1. The van der Waals surface area contributed by atoms with Gasteiger partial charge in [0.25, 0.3) is 5.91 Å². The Balaban J connectivity index is 2.02. The molecule has 1 atom stereocenters. The number of carbonyl (C=O) groups is 2. The van der Waals surface area contributed by atoms with E-state index in [0.717, 1.165) is 19.4 Å². The summed E-state index contributed by atoms with van der Waals surface area (Å²) in [6, 6.07) is 2.82. The minimum atomic E-state index is -1.05. The number of aromatic nitrogens is 1. The lowest BCUT2D eigenvalue weighted by molar-refractivity contribution is 0.0205. The van der Waals surface area contributed by atoms with E-state index < -0.39 is 5.97 Å². The molecule has 20 heavy (non-hydrogen) atoms. The average molecular weight is 278 g/mol. The molecule has 108 valence electrons. The SMILES string of the molecule is Cc1nc(C(=O)NCC2(C)CCCO2)ccc1C(=O)O. The second-order valence-electron chi connectivity index (χ2n) is 5.22. The van der Waals surface area contributed by atoms with Crippen molar-refractivity contribution in [2.24, 2.45) is 0 Å². The third-order valence-corrected chi connectivity index (χ3v) is 3.47. The van der Waals surface area contributed by atoms with Gasteiger partial charge < -0.3 is 15.2 Å². The molecule has 1 unspecified atom stereocenters. The number of aromatic carboxylic acids is 1. The Morgan fingerprint density at radius 3 is 2.80 bits per heavy atom. The van der Waals surface area contributed by atoms with Crippen molar-refractivity contribution in [3.05, 3.63) is 29.1 Å². The van der Waals surface area contributed by atoms with Crippen LogP contribution >= 0.6 is 0 Å². The summed E-state index contributed by atoms with van der Waals surface area (Å²) in [4.78, 5) is 26.9. The molecule has 2 rings (SSSR count). The van der Waals surface area contributed by atoms with Gasteiger partial charge in [-0.15, -0.1) is 0 Å². The highest BCUT2D eigenvalue weighted by Crippen LogP contribution is 2.23. The van der Waals surface area contributed by atoms with E-state index in [2.05, 4.69) is 10.3 Å². The standard InChI is InChI=1S/C14H18N2O4/c1-9-10(13(18)19)4-5-11(16-9)12(17)15-8-14(2)6-3-7-20-14/h4-5H,3,6-8H2,1-2H3,(H,15,17)(H,18,19). The van der Waals surface area contributed by atoms with Crippen LogP contribution in [0.15, 0.2) is 12.1 Å². The molecule has 0 saturated carbocycles. The van der Waals surface area contributed by atoms with Crippen molar-refractivity contribution in [2.45, 2.75) is 32.3 Å². The van der Waals surface area contributed by atoms with Crippen molar-refractivity contribution in [2.75, 3.05) is 13.2 Å². The Labute approximate surface area is 117 Å². The molecule has 0 aliphatic carbocycles. The number of aryl methyl sites for hydroxylation is 1. The van der Waals surface area contributed by atoms with Gasteiger partial charge in [0.1, 0.15) is 5.69 Å². The molecule has 1 aromatic rings. The molecule has 2 N–H and O–H groups in total. The van der Waals surface area contributed by atoms with Gasteiger partial charge in [0.05, 0.1) is 16.9 Å². The van der Waals surface area contributed by atoms with Crippen LogP contribution in [0, 0.1) is 6.92 Å². The maximum Gasteiger partial charge on any atom is 0.337 e. The molecule has 1 aliphatic rings. The van der Waals surface area contributed by atoms with Gasteiger partial charge in [-0.25, -0.2) is 9.78 Å². The van der Waals surface area contributed by atoms with Gasteiger partial charge >= 0.3 is 5.97 Å². The second kappa shape index (κ2) is 5.58. The summed E-state index contributed by atoms with van der Waals surface area (Å²) in [5.74, 6) is -1.37. The van der Waals surface area contributed by atoms with Crippen molar-refractivity contribution in [3.8, 4) is 0 Å². The van der Waals surface area contributed by atoms with Gasteiger partial charge in [0.2, 0.25) is 0 Å². The molecule has 0 spiro atoms. The van der Waals surface area contributed by atoms with Crippen molar-refractivity contribution in [1.82, 2.24) is 10.3 Å². The van der Waals surface area contributed by atoms with Crippen LogP contribution in [0.2, 0.25) is 0 Å². The molecule has 6 nitrogen and oxygen atoms in total. The van der Waals surface area contributed by atoms with Crippen LogP contribution < -0.4 is 5.32 Å². The summed E-state index contributed by atoms with van der Waals surface area (Å²) in [5, 5.41) is 11.7. The lowest BCUT2D eigenvalue weighted by atomic mass is 10.0. The van der Waals surface area contributed by atoms with Crippen molar-refractivity contribution in [3.63, 3.8) is 0 Å². The molecule has 0 radical (unpaired) electrons. The smallest absolute Gasteiger partial charge is 0.337 e. The Bertz CT molecular complexity index is 536. The molecule has 0 aromatic carbocycles. The van der Waals surface area contributed by atoms with E-state index in [4.69, 9.17) is 9.84 Å².